The van der Waals surface area contributed by atoms with Crippen molar-refractivity contribution in [2.24, 2.45) is 39.4 Å². The summed E-state index contributed by atoms with van der Waals surface area (Å²) in [5.41, 5.74) is -3.13. The molecule has 15 heteroatoms. The Labute approximate surface area is 287 Å². The minimum atomic E-state index is -0.781. The molecular weight excluding hydrogens is 634 g/mol. The summed E-state index contributed by atoms with van der Waals surface area (Å²) in [6.45, 7) is 8.52. The van der Waals surface area contributed by atoms with E-state index in [-0.39, 0.29) is 137 Å². The van der Waals surface area contributed by atoms with Crippen molar-refractivity contribution in [2.75, 3.05) is 146 Å². The fourth-order valence-electron chi connectivity index (χ4n) is 4.00. The van der Waals surface area contributed by atoms with Gasteiger partial charge < -0.3 is 74.6 Å². The van der Waals surface area contributed by atoms with Gasteiger partial charge >= 0.3 is 0 Å². The number of rotatable bonds is 34. The third kappa shape index (κ3) is 20.3. The van der Waals surface area contributed by atoms with Crippen molar-refractivity contribution in [1.82, 2.24) is 5.32 Å². The molecule has 0 rings (SSSR count). The molecule has 15 nitrogen and oxygen atoms in total. The predicted molar refractivity (Wildman–Crippen MR) is 178 cm³/mol. The molecule has 290 valence electrons. The molecule has 0 spiro atoms. The topological polar surface area (TPSA) is 229 Å². The molecular formula is C33H69NO14. The molecule has 0 aliphatic rings. The van der Waals surface area contributed by atoms with E-state index in [1.54, 1.807) is 27.7 Å². The van der Waals surface area contributed by atoms with Gasteiger partial charge in [0.1, 0.15) is 0 Å². The van der Waals surface area contributed by atoms with Gasteiger partial charge in [-0.25, -0.2) is 0 Å². The normalized spacial score (nSPS) is 13.5. The molecule has 0 atom stereocenters. The van der Waals surface area contributed by atoms with Gasteiger partial charge in [-0.15, -0.1) is 0 Å². The van der Waals surface area contributed by atoms with Gasteiger partial charge in [0.2, 0.25) is 0 Å². The molecule has 0 radical (unpaired) electrons. The minimum absolute atomic E-state index is 0.0155. The van der Waals surface area contributed by atoms with Gasteiger partial charge in [0.25, 0.3) is 0 Å². The summed E-state index contributed by atoms with van der Waals surface area (Å²) in [4.78, 5) is 0. The number of ether oxygens (including phenoxy) is 6. The van der Waals surface area contributed by atoms with Crippen LogP contribution < -0.4 is 5.32 Å². The van der Waals surface area contributed by atoms with Gasteiger partial charge in [0, 0.05) is 46.0 Å². The van der Waals surface area contributed by atoms with Crippen LogP contribution in [0.25, 0.3) is 0 Å². The van der Waals surface area contributed by atoms with E-state index < -0.39 is 21.7 Å². The quantitative estimate of drug-likeness (QED) is 0.0357. The van der Waals surface area contributed by atoms with Gasteiger partial charge in [-0.3, -0.25) is 0 Å². The summed E-state index contributed by atoms with van der Waals surface area (Å²) in [6.07, 6.45) is 0. The van der Waals surface area contributed by atoms with Gasteiger partial charge in [-0.1, -0.05) is 27.7 Å². The smallest absolute Gasteiger partial charge is 0.0564 e. The van der Waals surface area contributed by atoms with E-state index in [1.165, 1.54) is 0 Å². The van der Waals surface area contributed by atoms with E-state index in [1.807, 2.05) is 7.05 Å². The molecule has 0 aromatic heterocycles. The van der Waals surface area contributed by atoms with E-state index in [4.69, 9.17) is 28.4 Å². The first kappa shape index (κ1) is 47.4. The molecule has 0 heterocycles. The Morgan fingerprint density at radius 1 is 0.375 bits per heavy atom. The molecule has 9 N–H and O–H groups in total. The lowest BCUT2D eigenvalue weighted by Crippen LogP contribution is -2.36. The Morgan fingerprint density at radius 2 is 0.583 bits per heavy atom. The van der Waals surface area contributed by atoms with E-state index in [0.29, 0.717) is 19.8 Å². The average molecular weight is 704 g/mol. The van der Waals surface area contributed by atoms with Crippen LogP contribution in [0.5, 0.6) is 0 Å². The second-order valence-corrected chi connectivity index (χ2v) is 14.8. The van der Waals surface area contributed by atoms with Gasteiger partial charge in [-0.2, -0.15) is 0 Å². The molecule has 0 aliphatic carbocycles. The Balaban J connectivity index is 5.19. The maximum absolute atomic E-state index is 9.58. The lowest BCUT2D eigenvalue weighted by Gasteiger charge is -2.28. The number of aliphatic hydroxyl groups is 8. The lowest BCUT2D eigenvalue weighted by atomic mass is 9.94. The second-order valence-electron chi connectivity index (χ2n) is 14.8. The molecule has 48 heavy (non-hydrogen) atoms. The van der Waals surface area contributed by atoms with Gasteiger partial charge in [0.15, 0.2) is 0 Å². The summed E-state index contributed by atoms with van der Waals surface area (Å²) in [5.74, 6) is -0.413. The molecule has 0 aliphatic heterocycles. The average Bonchev–Trinajstić information content (AvgIpc) is 3.10. The lowest BCUT2D eigenvalue weighted by molar-refractivity contribution is -0.0762. The number of aliphatic hydroxyl groups excluding tert-OH is 8. The molecule has 0 aromatic carbocycles. The predicted octanol–water partition coefficient (Wildman–Crippen LogP) is -1.88. The van der Waals surface area contributed by atoms with Gasteiger partial charge in [-0.05, 0) is 7.05 Å². The first-order valence-electron chi connectivity index (χ1n) is 16.8. The Morgan fingerprint density at radius 3 is 0.792 bits per heavy atom. The molecule has 0 saturated carbocycles. The van der Waals surface area contributed by atoms with Crippen LogP contribution in [0.2, 0.25) is 0 Å². The van der Waals surface area contributed by atoms with Gasteiger partial charge in [0.05, 0.1) is 132 Å². The monoisotopic (exact) mass is 703 g/mol. The highest BCUT2D eigenvalue weighted by molar-refractivity contribution is 4.75. The zero-order chi connectivity index (χ0) is 36.5. The first-order chi connectivity index (χ1) is 22.8. The van der Waals surface area contributed by atoms with E-state index in [9.17, 15) is 40.9 Å². The Kier molecular flexibility index (Phi) is 25.9. The van der Waals surface area contributed by atoms with E-state index in [2.05, 4.69) is 5.32 Å². The van der Waals surface area contributed by atoms with Crippen molar-refractivity contribution in [1.29, 1.82) is 0 Å². The zero-order valence-corrected chi connectivity index (χ0v) is 30.1. The summed E-state index contributed by atoms with van der Waals surface area (Å²) in [7, 11) is 1.83. The van der Waals surface area contributed by atoms with Crippen LogP contribution >= 0.6 is 0 Å². The maximum Gasteiger partial charge on any atom is 0.0564 e. The van der Waals surface area contributed by atoms with Crippen LogP contribution in [0, 0.1) is 39.4 Å². The highest BCUT2D eigenvalue weighted by Gasteiger charge is 2.27. The highest BCUT2D eigenvalue weighted by atomic mass is 16.5. The van der Waals surface area contributed by atoms with Crippen LogP contribution in [-0.4, -0.2) is 187 Å². The number of nitrogens with one attached hydrogen (secondary N) is 1. The van der Waals surface area contributed by atoms with Crippen LogP contribution in [0.15, 0.2) is 0 Å². The number of hydrogen-bond donors (Lipinski definition) is 9. The summed E-state index contributed by atoms with van der Waals surface area (Å²) in [5, 5.41) is 79.8. The minimum Gasteiger partial charge on any atom is -0.396 e. The first-order valence-corrected chi connectivity index (χ1v) is 16.8. The van der Waals surface area contributed by atoms with Crippen molar-refractivity contribution in [3.8, 4) is 0 Å². The van der Waals surface area contributed by atoms with Crippen molar-refractivity contribution < 1.29 is 69.3 Å². The van der Waals surface area contributed by atoms with E-state index in [0.717, 1.165) is 0 Å². The SMILES string of the molecule is CNCC(COCC(COCC(C)(CO)CO)COCC(C)(CO)CO)COCC(COCC(C)(CO)CO)COCC(C)(CO)CO. The van der Waals surface area contributed by atoms with Crippen LogP contribution in [0.3, 0.4) is 0 Å². The zero-order valence-electron chi connectivity index (χ0n) is 30.1. The fraction of sp³-hybridized carbons (Fsp3) is 1.00. The number of hydrogen-bond acceptors (Lipinski definition) is 15. The fourth-order valence-corrected chi connectivity index (χ4v) is 4.00. The van der Waals surface area contributed by atoms with Crippen LogP contribution in [0.4, 0.5) is 0 Å². The van der Waals surface area contributed by atoms with E-state index >= 15 is 0 Å². The summed E-state index contributed by atoms with van der Waals surface area (Å²) in [6, 6.07) is 0. The Bertz CT molecular complexity index is 642. The van der Waals surface area contributed by atoms with Crippen LogP contribution in [0.1, 0.15) is 27.7 Å². The van der Waals surface area contributed by atoms with Crippen LogP contribution in [-0.2, 0) is 28.4 Å². The molecule has 0 amide bonds. The highest BCUT2D eigenvalue weighted by Crippen LogP contribution is 2.19. The van der Waals surface area contributed by atoms with Crippen molar-refractivity contribution >= 4 is 0 Å². The summed E-state index contributed by atoms with van der Waals surface area (Å²) < 4.78 is 35.4. The standard InChI is InChI=1S/C33H69NO14/c1-30(15-35,16-36)23-45-11-28(12-46-24-31(2,17-37)18-38)9-43-7-27(6-34-5)8-44-10-29(13-47-25-32(3,19-39)20-40)14-48-26-33(4,21-41)22-42/h27-29,34-42H,6-26H2,1-5H3. The Hall–Kier alpha value is -0.600. The second kappa shape index (κ2) is 26.2. The molecule has 0 saturated heterocycles. The summed E-state index contributed by atoms with van der Waals surface area (Å²) >= 11 is 0. The largest absolute Gasteiger partial charge is 0.396 e. The van der Waals surface area contributed by atoms with Crippen molar-refractivity contribution in [2.45, 2.75) is 27.7 Å². The molecule has 0 fully saturated rings. The van der Waals surface area contributed by atoms with Crippen molar-refractivity contribution in [3.63, 3.8) is 0 Å². The third-order valence-electron chi connectivity index (χ3n) is 8.18. The molecule has 0 aromatic rings. The molecule has 0 bridgehead atoms. The third-order valence-corrected chi connectivity index (χ3v) is 8.18. The molecule has 0 unspecified atom stereocenters. The maximum atomic E-state index is 9.58. The van der Waals surface area contributed by atoms with Crippen molar-refractivity contribution in [3.05, 3.63) is 0 Å².